The molecule has 0 spiro atoms. The van der Waals surface area contributed by atoms with Gasteiger partial charge >= 0.3 is 5.97 Å². The van der Waals surface area contributed by atoms with Gasteiger partial charge in [-0.25, -0.2) is 28.5 Å². The molecule has 0 saturated heterocycles. The Morgan fingerprint density at radius 3 is 2.55 bits per heavy atom. The number of aromatic nitrogens is 4. The second-order valence-corrected chi connectivity index (χ2v) is 8.43. The van der Waals surface area contributed by atoms with E-state index in [0.717, 1.165) is 17.9 Å². The number of methoxy groups -OCH3 is 1. The van der Waals surface area contributed by atoms with Gasteiger partial charge in [0.15, 0.2) is 0 Å². The van der Waals surface area contributed by atoms with Gasteiger partial charge in [-0.05, 0) is 24.3 Å². The number of rotatable bonds is 6. The number of aryl methyl sites for hydroxylation is 1. The van der Waals surface area contributed by atoms with E-state index in [1.165, 1.54) is 31.5 Å². The van der Waals surface area contributed by atoms with E-state index in [0.29, 0.717) is 53.8 Å². The quantitative estimate of drug-likeness (QED) is 0.248. The van der Waals surface area contributed by atoms with Crippen LogP contribution in [0, 0.1) is 0 Å². The first-order valence-electron chi connectivity index (χ1n) is 12.5. The molecule has 1 aliphatic rings. The lowest BCUT2D eigenvalue weighted by Crippen LogP contribution is -2.33. The summed E-state index contributed by atoms with van der Waals surface area (Å²) in [6, 6.07) is 9.80. The summed E-state index contributed by atoms with van der Waals surface area (Å²) in [5.41, 5.74) is 3.03. The number of nitrogens with zero attached hydrogens (tertiary/aromatic N) is 5. The van der Waals surface area contributed by atoms with E-state index in [1.54, 1.807) is 11.0 Å². The molecule has 38 heavy (non-hydrogen) atoms. The van der Waals surface area contributed by atoms with E-state index in [-0.39, 0.29) is 17.0 Å². The monoisotopic (exact) mass is 521 g/mol. The number of imidazole rings is 1. The van der Waals surface area contributed by atoms with Gasteiger partial charge in [0.25, 0.3) is 6.43 Å². The third-order valence-corrected chi connectivity index (χ3v) is 6.39. The van der Waals surface area contributed by atoms with Gasteiger partial charge < -0.3 is 14.2 Å². The Labute approximate surface area is 219 Å². The van der Waals surface area contributed by atoms with Gasteiger partial charge in [0.2, 0.25) is 6.41 Å². The molecule has 0 aliphatic carbocycles. The fourth-order valence-corrected chi connectivity index (χ4v) is 4.61. The molecule has 4 heterocycles. The lowest BCUT2D eigenvalue weighted by Gasteiger charge is -2.26. The highest BCUT2D eigenvalue weighted by molar-refractivity contribution is 5.96. The molecule has 0 unspecified atom stereocenters. The summed E-state index contributed by atoms with van der Waals surface area (Å²) < 4.78 is 35.3. The largest absolute Gasteiger partial charge is 0.464 e. The Kier molecular flexibility index (Phi) is 8.09. The number of esters is 1. The van der Waals surface area contributed by atoms with Crippen molar-refractivity contribution in [3.63, 3.8) is 0 Å². The topological polar surface area (TPSA) is 90.2 Å². The van der Waals surface area contributed by atoms with Crippen molar-refractivity contribution in [2.45, 2.75) is 46.7 Å². The molecule has 198 valence electrons. The summed E-state index contributed by atoms with van der Waals surface area (Å²) in [5, 5.41) is 0.544. The number of ether oxygens (including phenoxy) is 1. The minimum atomic E-state index is -2.79. The van der Waals surface area contributed by atoms with Crippen LogP contribution in [0.5, 0.6) is 0 Å². The average Bonchev–Trinajstić information content (AvgIpc) is 3.34. The summed E-state index contributed by atoms with van der Waals surface area (Å²) in [6.45, 7) is 7.64. The molecule has 0 bridgehead atoms. The Bertz CT molecular complexity index is 1470. The third-order valence-electron chi connectivity index (χ3n) is 6.39. The van der Waals surface area contributed by atoms with Crippen molar-refractivity contribution in [2.75, 3.05) is 13.7 Å². The van der Waals surface area contributed by atoms with Gasteiger partial charge in [-0.3, -0.25) is 4.79 Å². The summed E-state index contributed by atoms with van der Waals surface area (Å²) in [7, 11) is 1.24. The minimum absolute atomic E-state index is 0.0728. The van der Waals surface area contributed by atoms with Crippen molar-refractivity contribution < 1.29 is 23.1 Å². The SMILES string of the molecule is CC.CCc1nc(-c2cccc3nc(-c4ccc(C(=O)OC)nc4)c(C(F)F)cc23)c2n1CCN(C=O)C2. The molecular formula is C28H29F2N5O3. The van der Waals surface area contributed by atoms with Crippen LogP contribution in [-0.2, 0) is 29.0 Å². The van der Waals surface area contributed by atoms with Crippen molar-refractivity contribution in [3.8, 4) is 22.5 Å². The first-order valence-corrected chi connectivity index (χ1v) is 12.5. The summed E-state index contributed by atoms with van der Waals surface area (Å²) in [4.78, 5) is 38.3. The number of benzene rings is 1. The number of amides is 1. The molecule has 8 nitrogen and oxygen atoms in total. The molecular weight excluding hydrogens is 492 g/mol. The number of carbonyl (C=O) groups is 2. The number of halogens is 2. The van der Waals surface area contributed by atoms with Gasteiger partial charge in [0.05, 0.1) is 36.3 Å². The standard InChI is InChI=1S/C26H23F2N5O3.C2H6/c1-3-22-31-24(21-13-32(14-34)9-10-33(21)22)16-5-4-6-19-17(16)11-18(25(27)28)23(30-19)15-7-8-20(29-12-15)26(35)36-2;1-2/h4-8,11-12,14,25H,3,9-10,13H2,1-2H3;1-2H3. The molecule has 5 rings (SSSR count). The molecule has 0 fully saturated rings. The predicted molar refractivity (Wildman–Crippen MR) is 140 cm³/mol. The molecule has 1 aliphatic heterocycles. The predicted octanol–water partition coefficient (Wildman–Crippen LogP) is 5.45. The van der Waals surface area contributed by atoms with Crippen molar-refractivity contribution in [1.82, 2.24) is 24.4 Å². The van der Waals surface area contributed by atoms with Gasteiger partial charge in [-0.1, -0.05) is 32.9 Å². The maximum Gasteiger partial charge on any atom is 0.356 e. The smallest absolute Gasteiger partial charge is 0.356 e. The second kappa shape index (κ2) is 11.5. The molecule has 0 saturated carbocycles. The summed E-state index contributed by atoms with van der Waals surface area (Å²) in [6.07, 6.45) is 0.0663. The molecule has 3 aromatic heterocycles. The zero-order chi connectivity index (χ0) is 27.4. The van der Waals surface area contributed by atoms with Crippen molar-refractivity contribution in [2.24, 2.45) is 0 Å². The molecule has 0 N–H and O–H groups in total. The van der Waals surface area contributed by atoms with E-state index in [1.807, 2.05) is 32.9 Å². The highest BCUT2D eigenvalue weighted by Gasteiger charge is 2.26. The number of fused-ring (bicyclic) bond motifs is 2. The number of alkyl halides is 2. The van der Waals surface area contributed by atoms with Crippen LogP contribution >= 0.6 is 0 Å². The highest BCUT2D eigenvalue weighted by atomic mass is 19.3. The van der Waals surface area contributed by atoms with Gasteiger partial charge in [0, 0.05) is 47.8 Å². The van der Waals surface area contributed by atoms with Gasteiger partial charge in [0.1, 0.15) is 11.5 Å². The molecule has 1 amide bonds. The maximum atomic E-state index is 14.3. The fraction of sp³-hybridized carbons (Fsp3) is 0.321. The van der Waals surface area contributed by atoms with Crippen LogP contribution < -0.4 is 0 Å². The number of hydrogen-bond donors (Lipinski definition) is 0. The Morgan fingerprint density at radius 1 is 1.13 bits per heavy atom. The van der Waals surface area contributed by atoms with E-state index >= 15 is 0 Å². The maximum absolute atomic E-state index is 14.3. The van der Waals surface area contributed by atoms with Crippen molar-refractivity contribution >= 4 is 23.3 Å². The highest BCUT2D eigenvalue weighted by Crippen LogP contribution is 2.37. The lowest BCUT2D eigenvalue weighted by atomic mass is 9.99. The Balaban J connectivity index is 0.00000164. The second-order valence-electron chi connectivity index (χ2n) is 8.43. The van der Waals surface area contributed by atoms with Crippen LogP contribution in [-0.4, -0.2) is 50.5 Å². The average molecular weight is 522 g/mol. The van der Waals surface area contributed by atoms with Crippen LogP contribution in [0.3, 0.4) is 0 Å². The molecule has 0 radical (unpaired) electrons. The first kappa shape index (κ1) is 26.8. The zero-order valence-corrected chi connectivity index (χ0v) is 21.7. The first-order chi connectivity index (χ1) is 18.4. The van der Waals surface area contributed by atoms with Crippen LogP contribution in [0.1, 0.15) is 54.8 Å². The van der Waals surface area contributed by atoms with Gasteiger partial charge in [-0.15, -0.1) is 0 Å². The molecule has 10 heteroatoms. The van der Waals surface area contributed by atoms with Crippen LogP contribution in [0.25, 0.3) is 33.4 Å². The van der Waals surface area contributed by atoms with Crippen LogP contribution in [0.15, 0.2) is 42.6 Å². The van der Waals surface area contributed by atoms with E-state index in [4.69, 9.17) is 4.98 Å². The Morgan fingerprint density at radius 2 is 1.92 bits per heavy atom. The van der Waals surface area contributed by atoms with Gasteiger partial charge in [-0.2, -0.15) is 0 Å². The fourth-order valence-electron chi connectivity index (χ4n) is 4.61. The van der Waals surface area contributed by atoms with Crippen LogP contribution in [0.4, 0.5) is 8.78 Å². The number of carbonyl (C=O) groups excluding carboxylic acids is 2. The zero-order valence-electron chi connectivity index (χ0n) is 21.7. The Hall–Kier alpha value is -4.21. The van der Waals surface area contributed by atoms with E-state index < -0.39 is 12.4 Å². The lowest BCUT2D eigenvalue weighted by molar-refractivity contribution is -0.119. The molecule has 4 aromatic rings. The molecule has 1 aromatic carbocycles. The van der Waals surface area contributed by atoms with E-state index in [2.05, 4.69) is 19.3 Å². The summed E-state index contributed by atoms with van der Waals surface area (Å²) >= 11 is 0. The number of pyridine rings is 2. The van der Waals surface area contributed by atoms with Crippen LogP contribution in [0.2, 0.25) is 0 Å². The number of hydrogen-bond acceptors (Lipinski definition) is 6. The van der Waals surface area contributed by atoms with Crippen molar-refractivity contribution in [1.29, 1.82) is 0 Å². The van der Waals surface area contributed by atoms with E-state index in [9.17, 15) is 18.4 Å². The minimum Gasteiger partial charge on any atom is -0.464 e. The molecule has 0 atom stereocenters. The summed E-state index contributed by atoms with van der Waals surface area (Å²) in [5.74, 6) is 0.271. The third kappa shape index (κ3) is 4.85. The van der Waals surface area contributed by atoms with Crippen molar-refractivity contribution in [3.05, 3.63) is 65.4 Å². The normalized spacial score (nSPS) is 12.7.